The topological polar surface area (TPSA) is 110 Å². The van der Waals surface area contributed by atoms with Crippen molar-refractivity contribution in [3.63, 3.8) is 0 Å². The van der Waals surface area contributed by atoms with Crippen LogP contribution in [0.25, 0.3) is 0 Å². The minimum Gasteiger partial charge on any atom is -0.497 e. The lowest BCUT2D eigenvalue weighted by molar-refractivity contribution is -0.125. The van der Waals surface area contributed by atoms with Crippen LogP contribution in [0, 0.1) is 0 Å². The van der Waals surface area contributed by atoms with E-state index in [0.717, 1.165) is 17.0 Å². The van der Waals surface area contributed by atoms with Crippen molar-refractivity contribution in [2.45, 2.75) is 24.9 Å². The molecule has 1 amide bonds. The van der Waals surface area contributed by atoms with E-state index >= 15 is 0 Å². The number of benzene rings is 1. The summed E-state index contributed by atoms with van der Waals surface area (Å²) in [6.45, 7) is 0. The van der Waals surface area contributed by atoms with Crippen LogP contribution in [0.5, 0.6) is 5.75 Å². The largest absolute Gasteiger partial charge is 0.497 e. The Bertz CT molecular complexity index is 625. The summed E-state index contributed by atoms with van der Waals surface area (Å²) in [5.74, 6) is 0.368. The number of aldehydes is 1. The number of imidazole rings is 1. The molecule has 0 bridgehead atoms. The molecule has 0 radical (unpaired) electrons. The molecule has 1 aromatic heterocycles. The number of nitrogens with one attached hydrogen (secondary N) is 2. The summed E-state index contributed by atoms with van der Waals surface area (Å²) in [5, 5.41) is 2.66. The van der Waals surface area contributed by atoms with Gasteiger partial charge >= 0.3 is 0 Å². The van der Waals surface area contributed by atoms with Gasteiger partial charge in [0.05, 0.1) is 25.5 Å². The monoisotopic (exact) mass is 316 g/mol. The first-order chi connectivity index (χ1) is 11.1. The zero-order valence-corrected chi connectivity index (χ0v) is 12.9. The molecule has 1 aromatic carbocycles. The fraction of sp³-hybridized carbons (Fsp3) is 0.312. The smallest absolute Gasteiger partial charge is 0.237 e. The Balaban J connectivity index is 1.89. The Hall–Kier alpha value is -2.67. The second kappa shape index (κ2) is 8.09. The Kier molecular flexibility index (Phi) is 5.87. The molecule has 0 saturated carbocycles. The highest BCUT2D eigenvalue weighted by Gasteiger charge is 2.19. The number of carbonyl (C=O) groups excluding carboxylic acids is 2. The van der Waals surface area contributed by atoms with Crippen LogP contribution < -0.4 is 15.8 Å². The number of rotatable bonds is 8. The van der Waals surface area contributed by atoms with Gasteiger partial charge in [-0.15, -0.1) is 0 Å². The number of hydrogen-bond donors (Lipinski definition) is 3. The highest BCUT2D eigenvalue weighted by atomic mass is 16.5. The van der Waals surface area contributed by atoms with E-state index < -0.39 is 12.1 Å². The zero-order valence-electron chi connectivity index (χ0n) is 12.9. The van der Waals surface area contributed by atoms with Crippen molar-refractivity contribution in [2.24, 2.45) is 5.73 Å². The quantitative estimate of drug-likeness (QED) is 0.603. The van der Waals surface area contributed by atoms with Gasteiger partial charge in [0, 0.05) is 18.3 Å². The molecular formula is C16H20N4O3. The highest BCUT2D eigenvalue weighted by Crippen LogP contribution is 2.12. The van der Waals surface area contributed by atoms with Crippen molar-refractivity contribution in [3.8, 4) is 5.75 Å². The Labute approximate surface area is 134 Å². The van der Waals surface area contributed by atoms with Crippen molar-refractivity contribution in [2.75, 3.05) is 7.11 Å². The third-order valence-corrected chi connectivity index (χ3v) is 3.44. The van der Waals surface area contributed by atoms with Crippen LogP contribution >= 0.6 is 0 Å². The molecule has 7 heteroatoms. The van der Waals surface area contributed by atoms with E-state index in [9.17, 15) is 9.59 Å². The third kappa shape index (κ3) is 4.93. The summed E-state index contributed by atoms with van der Waals surface area (Å²) >= 11 is 0. The number of hydrogen-bond acceptors (Lipinski definition) is 5. The predicted octanol–water partition coefficient (Wildman–Crippen LogP) is 0.215. The molecule has 1 heterocycles. The van der Waals surface area contributed by atoms with Gasteiger partial charge in [-0.1, -0.05) is 12.1 Å². The van der Waals surface area contributed by atoms with Gasteiger partial charge in [-0.2, -0.15) is 0 Å². The first kappa shape index (κ1) is 16.7. The lowest BCUT2D eigenvalue weighted by Gasteiger charge is -2.16. The van der Waals surface area contributed by atoms with Gasteiger partial charge in [-0.05, 0) is 24.1 Å². The number of aromatic nitrogens is 2. The highest BCUT2D eigenvalue weighted by molar-refractivity contribution is 5.84. The summed E-state index contributed by atoms with van der Waals surface area (Å²) in [7, 11) is 1.59. The summed E-state index contributed by atoms with van der Waals surface area (Å²) < 4.78 is 5.08. The van der Waals surface area contributed by atoms with Crippen molar-refractivity contribution in [1.29, 1.82) is 0 Å². The standard InChI is InChI=1S/C16H20N4O3/c1-23-14-4-2-11(3-5-14)6-13(9-21)20-16(22)15(17)7-12-8-18-10-19-12/h2-5,8-10,13,15H,6-7,17H2,1H3,(H,18,19)(H,20,22)/t13-,15-/m0/s1. The molecule has 0 aliphatic carbocycles. The average molecular weight is 316 g/mol. The van der Waals surface area contributed by atoms with E-state index in [1.807, 2.05) is 24.3 Å². The first-order valence-electron chi connectivity index (χ1n) is 7.23. The molecule has 2 atom stereocenters. The number of H-pyrrole nitrogens is 1. The van der Waals surface area contributed by atoms with Crippen LogP contribution in [0.3, 0.4) is 0 Å². The lowest BCUT2D eigenvalue weighted by Crippen LogP contribution is -2.47. The van der Waals surface area contributed by atoms with Crippen molar-refractivity contribution < 1.29 is 14.3 Å². The average Bonchev–Trinajstić information content (AvgIpc) is 3.07. The van der Waals surface area contributed by atoms with Crippen LogP contribution in [-0.2, 0) is 22.4 Å². The second-order valence-electron chi connectivity index (χ2n) is 5.19. The summed E-state index contributed by atoms with van der Waals surface area (Å²) in [6, 6.07) is 5.96. The van der Waals surface area contributed by atoms with Gasteiger partial charge in [-0.3, -0.25) is 4.79 Å². The summed E-state index contributed by atoms with van der Waals surface area (Å²) in [4.78, 5) is 30.1. The van der Waals surface area contributed by atoms with Gasteiger partial charge in [0.1, 0.15) is 12.0 Å². The third-order valence-electron chi connectivity index (χ3n) is 3.44. The molecule has 2 rings (SSSR count). The Morgan fingerprint density at radius 1 is 1.39 bits per heavy atom. The zero-order chi connectivity index (χ0) is 16.7. The molecule has 7 nitrogen and oxygen atoms in total. The molecule has 0 aliphatic heterocycles. The van der Waals surface area contributed by atoms with Crippen LogP contribution in [0.15, 0.2) is 36.8 Å². The minimum absolute atomic E-state index is 0.333. The lowest BCUT2D eigenvalue weighted by atomic mass is 10.1. The summed E-state index contributed by atoms with van der Waals surface area (Å²) in [6.07, 6.45) is 4.58. The molecule has 4 N–H and O–H groups in total. The number of nitrogens with two attached hydrogens (primary N) is 1. The maximum Gasteiger partial charge on any atom is 0.237 e. The van der Waals surface area contributed by atoms with Crippen molar-refractivity contribution >= 4 is 12.2 Å². The minimum atomic E-state index is -0.742. The van der Waals surface area contributed by atoms with Crippen LogP contribution in [0.2, 0.25) is 0 Å². The SMILES string of the molecule is COc1ccc(C[C@@H](C=O)NC(=O)[C@@H](N)Cc2cnc[nH]2)cc1. The molecule has 0 spiro atoms. The Morgan fingerprint density at radius 3 is 2.70 bits per heavy atom. The molecule has 0 saturated heterocycles. The molecular weight excluding hydrogens is 296 g/mol. The maximum absolute atomic E-state index is 12.1. The fourth-order valence-corrected chi connectivity index (χ4v) is 2.16. The Morgan fingerprint density at radius 2 is 2.13 bits per heavy atom. The normalized spacial score (nSPS) is 13.1. The molecule has 0 unspecified atom stereocenters. The number of amides is 1. The first-order valence-corrected chi connectivity index (χ1v) is 7.23. The molecule has 2 aromatic rings. The van der Waals surface area contributed by atoms with Gasteiger partial charge in [0.15, 0.2) is 0 Å². The van der Waals surface area contributed by atoms with Crippen molar-refractivity contribution in [3.05, 3.63) is 48.0 Å². The van der Waals surface area contributed by atoms with Gasteiger partial charge < -0.3 is 25.6 Å². The van der Waals surface area contributed by atoms with Crippen LogP contribution in [-0.4, -0.2) is 41.4 Å². The number of aromatic amines is 1. The van der Waals surface area contributed by atoms with Crippen molar-refractivity contribution in [1.82, 2.24) is 15.3 Å². The van der Waals surface area contributed by atoms with Crippen LogP contribution in [0.4, 0.5) is 0 Å². The molecule has 122 valence electrons. The number of ether oxygens (including phenoxy) is 1. The van der Waals surface area contributed by atoms with E-state index in [1.165, 1.54) is 6.33 Å². The molecule has 0 aliphatic rings. The summed E-state index contributed by atoms with van der Waals surface area (Å²) in [5.41, 5.74) is 7.54. The molecule has 23 heavy (non-hydrogen) atoms. The van der Waals surface area contributed by atoms with Gasteiger partial charge in [-0.25, -0.2) is 4.98 Å². The van der Waals surface area contributed by atoms with E-state index in [4.69, 9.17) is 10.5 Å². The van der Waals surface area contributed by atoms with Gasteiger partial charge in [0.25, 0.3) is 0 Å². The van der Waals surface area contributed by atoms with E-state index in [1.54, 1.807) is 13.3 Å². The van der Waals surface area contributed by atoms with E-state index in [0.29, 0.717) is 19.1 Å². The van der Waals surface area contributed by atoms with E-state index in [2.05, 4.69) is 15.3 Å². The second-order valence-corrected chi connectivity index (χ2v) is 5.19. The molecule has 0 fully saturated rings. The number of methoxy groups -OCH3 is 1. The van der Waals surface area contributed by atoms with E-state index in [-0.39, 0.29) is 5.91 Å². The number of nitrogens with zero attached hydrogens (tertiary/aromatic N) is 1. The number of carbonyl (C=O) groups is 2. The maximum atomic E-state index is 12.1. The van der Waals surface area contributed by atoms with Gasteiger partial charge in [0.2, 0.25) is 5.91 Å². The predicted molar refractivity (Wildman–Crippen MR) is 85.0 cm³/mol. The fourth-order valence-electron chi connectivity index (χ4n) is 2.16. The van der Waals surface area contributed by atoms with Crippen LogP contribution in [0.1, 0.15) is 11.3 Å².